The summed E-state index contributed by atoms with van der Waals surface area (Å²) in [6, 6.07) is 15.7. The van der Waals surface area contributed by atoms with Crippen molar-refractivity contribution in [2.75, 3.05) is 26.2 Å². The smallest absolute Gasteiger partial charge is 0.246 e. The fraction of sp³-hybridized carbons (Fsp3) is 0.211. The highest BCUT2D eigenvalue weighted by Crippen LogP contribution is 2.20. The molecule has 2 aromatic carbocycles. The van der Waals surface area contributed by atoms with Gasteiger partial charge < -0.3 is 4.90 Å². The van der Waals surface area contributed by atoms with Gasteiger partial charge in [-0.25, -0.2) is 8.42 Å². The van der Waals surface area contributed by atoms with Crippen LogP contribution in [-0.4, -0.2) is 49.7 Å². The van der Waals surface area contributed by atoms with E-state index in [2.05, 4.69) is 0 Å². The summed E-state index contributed by atoms with van der Waals surface area (Å²) < 4.78 is 26.7. The highest BCUT2D eigenvalue weighted by Gasteiger charge is 2.29. The number of hydrogen-bond donors (Lipinski definition) is 0. The van der Waals surface area contributed by atoms with Gasteiger partial charge in [-0.15, -0.1) is 0 Å². The Kier molecular flexibility index (Phi) is 5.76. The summed E-state index contributed by atoms with van der Waals surface area (Å²) in [4.78, 5) is 14.2. The number of amides is 1. The molecule has 1 aliphatic rings. The van der Waals surface area contributed by atoms with Crippen molar-refractivity contribution in [2.45, 2.75) is 4.90 Å². The first-order chi connectivity index (χ1) is 12.5. The maximum atomic E-state index is 12.7. The lowest BCUT2D eigenvalue weighted by Gasteiger charge is -2.33. The first-order valence-corrected chi connectivity index (χ1v) is 10.1. The highest BCUT2D eigenvalue weighted by molar-refractivity contribution is 7.89. The highest BCUT2D eigenvalue weighted by atomic mass is 35.5. The van der Waals surface area contributed by atoms with E-state index in [0.29, 0.717) is 18.1 Å². The summed E-state index contributed by atoms with van der Waals surface area (Å²) in [6.07, 6.45) is 3.29. The SMILES string of the molecule is O=C(/C=C/c1ccccc1)N1CCN(S(=O)(=O)c2ccc(Cl)cc2)CC1. The topological polar surface area (TPSA) is 57.7 Å². The number of benzene rings is 2. The van der Waals surface area contributed by atoms with E-state index in [1.807, 2.05) is 30.3 Å². The van der Waals surface area contributed by atoms with Crippen LogP contribution in [0.25, 0.3) is 6.08 Å². The van der Waals surface area contributed by atoms with Gasteiger partial charge in [0.1, 0.15) is 0 Å². The Balaban J connectivity index is 1.61. The Morgan fingerprint density at radius 1 is 0.923 bits per heavy atom. The lowest BCUT2D eigenvalue weighted by molar-refractivity contribution is -0.127. The van der Waals surface area contributed by atoms with Gasteiger partial charge in [0.05, 0.1) is 4.90 Å². The van der Waals surface area contributed by atoms with Gasteiger partial charge in [0.2, 0.25) is 15.9 Å². The second kappa shape index (κ2) is 8.03. The summed E-state index contributed by atoms with van der Waals surface area (Å²) in [6.45, 7) is 1.28. The van der Waals surface area contributed by atoms with Crippen molar-refractivity contribution in [2.24, 2.45) is 0 Å². The number of halogens is 1. The van der Waals surface area contributed by atoms with E-state index >= 15 is 0 Å². The molecule has 1 fully saturated rings. The quantitative estimate of drug-likeness (QED) is 0.754. The number of piperazine rings is 1. The molecule has 1 amide bonds. The van der Waals surface area contributed by atoms with Crippen LogP contribution in [0.2, 0.25) is 5.02 Å². The van der Waals surface area contributed by atoms with E-state index in [1.165, 1.54) is 22.5 Å². The third-order valence-electron chi connectivity index (χ3n) is 4.22. The summed E-state index contributed by atoms with van der Waals surface area (Å²) >= 11 is 5.82. The van der Waals surface area contributed by atoms with Crippen molar-refractivity contribution in [1.29, 1.82) is 0 Å². The maximum Gasteiger partial charge on any atom is 0.246 e. The van der Waals surface area contributed by atoms with Crippen LogP contribution in [0.3, 0.4) is 0 Å². The van der Waals surface area contributed by atoms with Gasteiger partial charge >= 0.3 is 0 Å². The Morgan fingerprint density at radius 2 is 1.54 bits per heavy atom. The Morgan fingerprint density at radius 3 is 2.15 bits per heavy atom. The number of rotatable bonds is 4. The predicted octanol–water partition coefficient (Wildman–Crippen LogP) is 2.89. The molecule has 0 bridgehead atoms. The normalized spacial score (nSPS) is 16.1. The molecule has 0 atom stereocenters. The van der Waals surface area contributed by atoms with Crippen LogP contribution in [0.1, 0.15) is 5.56 Å². The average molecular weight is 391 g/mol. The van der Waals surface area contributed by atoms with E-state index in [4.69, 9.17) is 11.6 Å². The molecule has 3 rings (SSSR count). The predicted molar refractivity (Wildman–Crippen MR) is 102 cm³/mol. The zero-order valence-corrected chi connectivity index (χ0v) is 15.7. The molecule has 1 heterocycles. The zero-order chi connectivity index (χ0) is 18.6. The van der Waals surface area contributed by atoms with E-state index in [-0.39, 0.29) is 23.9 Å². The molecular formula is C19H19ClN2O3S. The molecule has 0 saturated carbocycles. The molecule has 5 nitrogen and oxygen atoms in total. The lowest BCUT2D eigenvalue weighted by atomic mass is 10.2. The number of hydrogen-bond acceptors (Lipinski definition) is 3. The van der Waals surface area contributed by atoms with Crippen molar-refractivity contribution >= 4 is 33.6 Å². The molecule has 26 heavy (non-hydrogen) atoms. The first kappa shape index (κ1) is 18.6. The van der Waals surface area contributed by atoms with Gasteiger partial charge in [-0.1, -0.05) is 41.9 Å². The number of nitrogens with zero attached hydrogens (tertiary/aromatic N) is 2. The minimum absolute atomic E-state index is 0.114. The molecule has 0 spiro atoms. The van der Waals surface area contributed by atoms with Crippen LogP contribution in [0.4, 0.5) is 0 Å². The van der Waals surface area contributed by atoms with Gasteiger partial charge in [0, 0.05) is 37.3 Å². The van der Waals surface area contributed by atoms with Crippen LogP contribution >= 0.6 is 11.6 Å². The third-order valence-corrected chi connectivity index (χ3v) is 6.38. The standard InChI is InChI=1S/C19H19ClN2O3S/c20-17-7-9-18(10-8-17)26(24,25)22-14-12-21(13-15-22)19(23)11-6-16-4-2-1-3-5-16/h1-11H,12-15H2/b11-6+. The Labute approximate surface area is 158 Å². The van der Waals surface area contributed by atoms with Crippen molar-refractivity contribution in [3.05, 3.63) is 71.3 Å². The minimum Gasteiger partial charge on any atom is -0.337 e. The van der Waals surface area contributed by atoms with Crippen molar-refractivity contribution in [3.8, 4) is 0 Å². The molecule has 0 aromatic heterocycles. The van der Waals surface area contributed by atoms with E-state index in [9.17, 15) is 13.2 Å². The van der Waals surface area contributed by atoms with Crippen LogP contribution in [-0.2, 0) is 14.8 Å². The molecule has 1 saturated heterocycles. The van der Waals surface area contributed by atoms with Crippen LogP contribution in [0.15, 0.2) is 65.6 Å². The van der Waals surface area contributed by atoms with Gasteiger partial charge in [-0.05, 0) is 35.9 Å². The fourth-order valence-electron chi connectivity index (χ4n) is 2.74. The molecule has 136 valence electrons. The van der Waals surface area contributed by atoms with Crippen LogP contribution in [0, 0.1) is 0 Å². The van der Waals surface area contributed by atoms with Gasteiger partial charge in [-0.3, -0.25) is 4.79 Å². The molecule has 7 heteroatoms. The third kappa shape index (κ3) is 4.33. The summed E-state index contributed by atoms with van der Waals surface area (Å²) in [7, 11) is -3.56. The molecular weight excluding hydrogens is 372 g/mol. The first-order valence-electron chi connectivity index (χ1n) is 8.24. The van der Waals surface area contributed by atoms with E-state index in [0.717, 1.165) is 5.56 Å². The molecule has 2 aromatic rings. The van der Waals surface area contributed by atoms with Crippen molar-refractivity contribution in [3.63, 3.8) is 0 Å². The molecule has 0 unspecified atom stereocenters. The van der Waals surface area contributed by atoms with Gasteiger partial charge in [-0.2, -0.15) is 4.31 Å². The van der Waals surface area contributed by atoms with E-state index in [1.54, 1.807) is 23.1 Å². The number of carbonyl (C=O) groups is 1. The minimum atomic E-state index is -3.56. The largest absolute Gasteiger partial charge is 0.337 e. The zero-order valence-electron chi connectivity index (χ0n) is 14.1. The number of sulfonamides is 1. The van der Waals surface area contributed by atoms with Crippen LogP contribution in [0.5, 0.6) is 0 Å². The van der Waals surface area contributed by atoms with Gasteiger partial charge in [0.15, 0.2) is 0 Å². The van der Waals surface area contributed by atoms with E-state index < -0.39 is 10.0 Å². The second-order valence-electron chi connectivity index (χ2n) is 5.93. The second-order valence-corrected chi connectivity index (χ2v) is 8.30. The number of carbonyl (C=O) groups excluding carboxylic acids is 1. The average Bonchev–Trinajstić information content (AvgIpc) is 2.67. The molecule has 0 aliphatic carbocycles. The molecule has 0 N–H and O–H groups in total. The monoisotopic (exact) mass is 390 g/mol. The fourth-order valence-corrected chi connectivity index (χ4v) is 4.29. The van der Waals surface area contributed by atoms with Crippen LogP contribution < -0.4 is 0 Å². The summed E-state index contributed by atoms with van der Waals surface area (Å²) in [5.74, 6) is -0.114. The van der Waals surface area contributed by atoms with Crippen molar-refractivity contribution < 1.29 is 13.2 Å². The molecule has 0 radical (unpaired) electrons. The summed E-state index contributed by atoms with van der Waals surface area (Å²) in [5.41, 5.74) is 0.949. The van der Waals surface area contributed by atoms with Crippen molar-refractivity contribution in [1.82, 2.24) is 9.21 Å². The summed E-state index contributed by atoms with van der Waals surface area (Å²) in [5, 5.41) is 0.490. The Bertz CT molecular complexity index is 888. The Hall–Kier alpha value is -2.15. The maximum absolute atomic E-state index is 12.7. The molecule has 1 aliphatic heterocycles. The van der Waals surface area contributed by atoms with Gasteiger partial charge in [0.25, 0.3) is 0 Å². The lowest BCUT2D eigenvalue weighted by Crippen LogP contribution is -2.50.